The molecular weight excluding hydrogens is 431 g/mol. The molecule has 8 heteroatoms. The molecule has 3 aromatic rings. The Morgan fingerprint density at radius 3 is 2.41 bits per heavy atom. The van der Waals surface area contributed by atoms with Crippen LogP contribution in [0, 0.1) is 5.82 Å². The van der Waals surface area contributed by atoms with Crippen molar-refractivity contribution in [3.05, 3.63) is 84.2 Å². The van der Waals surface area contributed by atoms with Gasteiger partial charge in [-0.3, -0.25) is 9.69 Å². The Hall–Kier alpha value is -2.90. The van der Waals surface area contributed by atoms with Gasteiger partial charge in [-0.15, -0.1) is 12.4 Å². The number of amides is 1. The molecule has 0 N–H and O–H groups in total. The maximum atomic E-state index is 13.4. The van der Waals surface area contributed by atoms with Gasteiger partial charge in [-0.2, -0.15) is 0 Å². The summed E-state index contributed by atoms with van der Waals surface area (Å²) < 4.78 is 21.1. The number of carbonyl (C=O) groups is 1. The molecule has 32 heavy (non-hydrogen) atoms. The van der Waals surface area contributed by atoms with Crippen LogP contribution in [0.1, 0.15) is 24.4 Å². The van der Waals surface area contributed by atoms with Gasteiger partial charge in [0.1, 0.15) is 17.4 Å². The van der Waals surface area contributed by atoms with Crippen LogP contribution in [0.25, 0.3) is 0 Å². The van der Waals surface area contributed by atoms with Gasteiger partial charge in [0.05, 0.1) is 6.04 Å². The van der Waals surface area contributed by atoms with Gasteiger partial charge in [-0.05, 0) is 24.6 Å². The normalized spacial score (nSPS) is 16.2. The first-order valence-corrected chi connectivity index (χ1v) is 10.5. The van der Waals surface area contributed by atoms with Crippen LogP contribution in [0.2, 0.25) is 0 Å². The van der Waals surface area contributed by atoms with Crippen LogP contribution in [0.15, 0.2) is 67.0 Å². The number of piperazine rings is 1. The molecule has 1 fully saturated rings. The van der Waals surface area contributed by atoms with Crippen molar-refractivity contribution < 1.29 is 13.9 Å². The van der Waals surface area contributed by atoms with Crippen molar-refractivity contribution in [3.8, 4) is 5.75 Å². The number of hydrogen-bond acceptors (Lipinski definition) is 4. The van der Waals surface area contributed by atoms with E-state index < -0.39 is 6.10 Å². The molecule has 1 aromatic heterocycles. The van der Waals surface area contributed by atoms with E-state index in [4.69, 9.17) is 4.74 Å². The lowest BCUT2D eigenvalue weighted by Gasteiger charge is -2.39. The van der Waals surface area contributed by atoms with Crippen molar-refractivity contribution >= 4 is 18.3 Å². The van der Waals surface area contributed by atoms with E-state index in [1.54, 1.807) is 19.1 Å². The number of aromatic nitrogens is 2. The third-order valence-corrected chi connectivity index (χ3v) is 5.67. The number of halogens is 2. The predicted molar refractivity (Wildman–Crippen MR) is 123 cm³/mol. The monoisotopic (exact) mass is 458 g/mol. The molecule has 2 atom stereocenters. The summed E-state index contributed by atoms with van der Waals surface area (Å²) in [5.41, 5.74) is 1.18. The molecule has 2 aromatic carbocycles. The molecule has 0 spiro atoms. The van der Waals surface area contributed by atoms with Crippen molar-refractivity contribution in [1.82, 2.24) is 19.4 Å². The van der Waals surface area contributed by atoms with E-state index in [9.17, 15) is 9.18 Å². The van der Waals surface area contributed by atoms with E-state index in [0.717, 1.165) is 18.9 Å². The second kappa shape index (κ2) is 10.6. The van der Waals surface area contributed by atoms with E-state index in [1.165, 1.54) is 17.7 Å². The Labute approximate surface area is 194 Å². The molecule has 2 heterocycles. The van der Waals surface area contributed by atoms with Gasteiger partial charge in [0.2, 0.25) is 0 Å². The molecular formula is C24H28ClFN4O2. The van der Waals surface area contributed by atoms with Crippen molar-refractivity contribution in [1.29, 1.82) is 0 Å². The molecule has 0 saturated carbocycles. The van der Waals surface area contributed by atoms with E-state index in [1.807, 2.05) is 47.1 Å². The average molecular weight is 459 g/mol. The fourth-order valence-electron chi connectivity index (χ4n) is 4.05. The highest BCUT2D eigenvalue weighted by Crippen LogP contribution is 2.28. The first-order valence-electron chi connectivity index (χ1n) is 10.5. The summed E-state index contributed by atoms with van der Waals surface area (Å²) in [5, 5.41) is 0. The molecule has 170 valence electrons. The van der Waals surface area contributed by atoms with Crippen molar-refractivity contribution in [2.24, 2.45) is 7.05 Å². The van der Waals surface area contributed by atoms with Crippen LogP contribution in [0.5, 0.6) is 5.75 Å². The largest absolute Gasteiger partial charge is 0.481 e. The number of aryl methyl sites for hydroxylation is 1. The van der Waals surface area contributed by atoms with Gasteiger partial charge in [-0.1, -0.05) is 36.4 Å². The lowest BCUT2D eigenvalue weighted by atomic mass is 10.0. The number of rotatable bonds is 6. The molecule has 6 nitrogen and oxygen atoms in total. The minimum atomic E-state index is -0.673. The quantitative estimate of drug-likeness (QED) is 0.565. The number of hydrogen-bond donors (Lipinski definition) is 0. The van der Waals surface area contributed by atoms with Crippen molar-refractivity contribution in [2.45, 2.75) is 19.1 Å². The van der Waals surface area contributed by atoms with Gasteiger partial charge in [0.25, 0.3) is 5.91 Å². The van der Waals surface area contributed by atoms with Gasteiger partial charge in [0.15, 0.2) is 6.10 Å². The number of nitrogens with zero attached hydrogens (tertiary/aromatic N) is 4. The number of imidazole rings is 1. The molecule has 0 radical (unpaired) electrons. The Morgan fingerprint density at radius 1 is 1.06 bits per heavy atom. The first kappa shape index (κ1) is 23.8. The lowest BCUT2D eigenvalue weighted by Crippen LogP contribution is -2.52. The molecule has 4 rings (SSSR count). The van der Waals surface area contributed by atoms with Crippen LogP contribution in [0.4, 0.5) is 4.39 Å². The standard InChI is InChI=1S/C24H27FN4O2.ClH/c1-18(31-21-10-6-9-20(25)17-21)24(30)29-15-13-28(14-16-29)22(19-7-4-3-5-8-19)23-26-11-12-27(23)2;/h3-12,17-18,22H,13-16H2,1-2H3;1H. The summed E-state index contributed by atoms with van der Waals surface area (Å²) in [6.07, 6.45) is 3.10. The maximum absolute atomic E-state index is 13.4. The molecule has 0 bridgehead atoms. The fourth-order valence-corrected chi connectivity index (χ4v) is 4.05. The second-order valence-corrected chi connectivity index (χ2v) is 7.79. The zero-order valence-corrected chi connectivity index (χ0v) is 19.0. The summed E-state index contributed by atoms with van der Waals surface area (Å²) in [4.78, 5) is 21.7. The first-order chi connectivity index (χ1) is 15.0. The Balaban J connectivity index is 0.00000289. The lowest BCUT2D eigenvalue weighted by molar-refractivity contribution is -0.140. The van der Waals surface area contributed by atoms with Gasteiger partial charge in [0, 0.05) is 51.7 Å². The SMILES string of the molecule is CC(Oc1cccc(F)c1)C(=O)N1CCN(C(c2ccccc2)c2nccn2C)CC1.Cl. The van der Waals surface area contributed by atoms with Gasteiger partial charge >= 0.3 is 0 Å². The van der Waals surface area contributed by atoms with Gasteiger partial charge in [-0.25, -0.2) is 9.37 Å². The van der Waals surface area contributed by atoms with Crippen LogP contribution < -0.4 is 4.74 Å². The molecule has 0 aliphatic carbocycles. The second-order valence-electron chi connectivity index (χ2n) is 7.79. The molecule has 1 aliphatic rings. The maximum Gasteiger partial charge on any atom is 0.263 e. The highest BCUT2D eigenvalue weighted by Gasteiger charge is 2.32. The van der Waals surface area contributed by atoms with E-state index in [2.05, 4.69) is 22.0 Å². The summed E-state index contributed by atoms with van der Waals surface area (Å²) in [7, 11) is 2.00. The fraction of sp³-hybridized carbons (Fsp3) is 0.333. The predicted octanol–water partition coefficient (Wildman–Crippen LogP) is 3.68. The molecule has 1 amide bonds. The zero-order chi connectivity index (χ0) is 21.8. The van der Waals surface area contributed by atoms with Crippen LogP contribution >= 0.6 is 12.4 Å². The van der Waals surface area contributed by atoms with E-state index in [-0.39, 0.29) is 30.2 Å². The zero-order valence-electron chi connectivity index (χ0n) is 18.2. The Bertz CT molecular complexity index is 1020. The van der Waals surface area contributed by atoms with Gasteiger partial charge < -0.3 is 14.2 Å². The minimum Gasteiger partial charge on any atom is -0.481 e. The third kappa shape index (κ3) is 5.29. The summed E-state index contributed by atoms with van der Waals surface area (Å²) in [6, 6.07) is 16.2. The molecule has 1 saturated heterocycles. The molecule has 1 aliphatic heterocycles. The van der Waals surface area contributed by atoms with Crippen molar-refractivity contribution in [3.63, 3.8) is 0 Å². The van der Waals surface area contributed by atoms with Crippen LogP contribution in [0.3, 0.4) is 0 Å². The highest BCUT2D eigenvalue weighted by atomic mass is 35.5. The topological polar surface area (TPSA) is 50.6 Å². The minimum absolute atomic E-state index is 0. The Morgan fingerprint density at radius 2 is 1.78 bits per heavy atom. The van der Waals surface area contributed by atoms with Crippen molar-refractivity contribution in [2.75, 3.05) is 26.2 Å². The highest BCUT2D eigenvalue weighted by molar-refractivity contribution is 5.85. The van der Waals surface area contributed by atoms with E-state index >= 15 is 0 Å². The van der Waals surface area contributed by atoms with Crippen LogP contribution in [-0.4, -0.2) is 57.5 Å². The summed E-state index contributed by atoms with van der Waals surface area (Å²) in [5.74, 6) is 0.872. The summed E-state index contributed by atoms with van der Waals surface area (Å²) in [6.45, 7) is 4.36. The number of ether oxygens (including phenoxy) is 1. The summed E-state index contributed by atoms with van der Waals surface area (Å²) >= 11 is 0. The Kier molecular flexibility index (Phi) is 7.88. The van der Waals surface area contributed by atoms with Crippen LogP contribution in [-0.2, 0) is 11.8 Å². The number of carbonyl (C=O) groups excluding carboxylic acids is 1. The average Bonchev–Trinajstić information content (AvgIpc) is 3.20. The smallest absolute Gasteiger partial charge is 0.263 e. The number of benzene rings is 2. The van der Waals surface area contributed by atoms with E-state index in [0.29, 0.717) is 18.8 Å². The third-order valence-electron chi connectivity index (χ3n) is 5.67. The molecule has 2 unspecified atom stereocenters.